The summed E-state index contributed by atoms with van der Waals surface area (Å²) in [4.78, 5) is 31.5. The predicted octanol–water partition coefficient (Wildman–Crippen LogP) is 3.49. The molecule has 1 saturated heterocycles. The van der Waals surface area contributed by atoms with Crippen molar-refractivity contribution >= 4 is 23.0 Å². The molecule has 0 bridgehead atoms. The highest BCUT2D eigenvalue weighted by Crippen LogP contribution is 2.25. The first-order valence-corrected chi connectivity index (χ1v) is 10.0. The van der Waals surface area contributed by atoms with E-state index in [9.17, 15) is 9.59 Å². The van der Waals surface area contributed by atoms with Gasteiger partial charge in [-0.1, -0.05) is 0 Å². The first-order valence-electron chi connectivity index (χ1n) is 10.0. The minimum Gasteiger partial charge on any atom is -0.494 e. The number of imidazole rings is 1. The van der Waals surface area contributed by atoms with Crippen molar-refractivity contribution in [2.45, 2.75) is 19.3 Å². The number of amides is 2. The van der Waals surface area contributed by atoms with Crippen molar-refractivity contribution in [3.8, 4) is 17.1 Å². The number of nitrogens with one attached hydrogen (secondary N) is 1. The number of hydrogen-bond donors (Lipinski definition) is 3. The molecule has 0 radical (unpaired) electrons. The van der Waals surface area contributed by atoms with Crippen LogP contribution < -0.4 is 10.5 Å². The first-order chi connectivity index (χ1) is 14.5. The lowest BCUT2D eigenvalue weighted by Gasteiger charge is -2.29. The Kier molecular flexibility index (Phi) is 5.56. The summed E-state index contributed by atoms with van der Waals surface area (Å²) in [5.41, 5.74) is 8.22. The highest BCUT2D eigenvalue weighted by atomic mass is 16.5. The van der Waals surface area contributed by atoms with Gasteiger partial charge in [0.05, 0.1) is 17.6 Å². The number of carboxylic acid groups (broad SMARTS) is 1. The maximum absolute atomic E-state index is 11.3. The lowest BCUT2D eigenvalue weighted by Crippen LogP contribution is -2.37. The van der Waals surface area contributed by atoms with Crippen molar-refractivity contribution in [2.24, 2.45) is 11.7 Å². The van der Waals surface area contributed by atoms with E-state index in [1.165, 1.54) is 4.90 Å². The van der Waals surface area contributed by atoms with E-state index >= 15 is 0 Å². The predicted molar refractivity (Wildman–Crippen MR) is 112 cm³/mol. The lowest BCUT2D eigenvalue weighted by atomic mass is 9.94. The summed E-state index contributed by atoms with van der Waals surface area (Å²) in [6.45, 7) is 1.82. The smallest absolute Gasteiger partial charge is 0.407 e. The Morgan fingerprint density at radius 1 is 1.17 bits per heavy atom. The maximum atomic E-state index is 11.3. The number of piperidine rings is 1. The molecule has 0 saturated carbocycles. The van der Waals surface area contributed by atoms with E-state index in [-0.39, 0.29) is 0 Å². The molecule has 1 fully saturated rings. The number of hydrogen-bond acceptors (Lipinski definition) is 4. The molecule has 2 aromatic carbocycles. The highest BCUT2D eigenvalue weighted by molar-refractivity contribution is 5.96. The summed E-state index contributed by atoms with van der Waals surface area (Å²) >= 11 is 0. The summed E-state index contributed by atoms with van der Waals surface area (Å²) in [6, 6.07) is 12.8. The van der Waals surface area contributed by atoms with Crippen LogP contribution in [-0.2, 0) is 0 Å². The van der Waals surface area contributed by atoms with Crippen molar-refractivity contribution in [3.63, 3.8) is 0 Å². The molecule has 0 unspecified atom stereocenters. The number of benzene rings is 2. The first kappa shape index (κ1) is 19.8. The van der Waals surface area contributed by atoms with Crippen molar-refractivity contribution in [1.82, 2.24) is 14.9 Å². The zero-order valence-corrected chi connectivity index (χ0v) is 16.5. The summed E-state index contributed by atoms with van der Waals surface area (Å²) in [5.74, 6) is 1.53. The molecular formula is C22H24N4O4. The van der Waals surface area contributed by atoms with Crippen LogP contribution in [0.1, 0.15) is 29.6 Å². The van der Waals surface area contributed by atoms with Crippen molar-refractivity contribution in [2.75, 3.05) is 19.7 Å². The normalized spacial score (nSPS) is 14.7. The van der Waals surface area contributed by atoms with E-state index in [1.807, 2.05) is 24.3 Å². The molecule has 0 spiro atoms. The van der Waals surface area contributed by atoms with Crippen LogP contribution in [0, 0.1) is 5.92 Å². The minimum absolute atomic E-state index is 0.440. The Balaban J connectivity index is 1.32. The van der Waals surface area contributed by atoms with Crippen LogP contribution in [0.15, 0.2) is 42.5 Å². The second-order valence-electron chi connectivity index (χ2n) is 7.56. The Bertz CT molecular complexity index is 1050. The van der Waals surface area contributed by atoms with Crippen molar-refractivity contribution in [3.05, 3.63) is 48.0 Å². The second-order valence-corrected chi connectivity index (χ2v) is 7.56. The number of aromatic nitrogens is 2. The molecule has 1 aliphatic heterocycles. The third-order valence-electron chi connectivity index (χ3n) is 5.57. The fraction of sp³-hybridized carbons (Fsp3) is 0.318. The number of primary amides is 1. The van der Waals surface area contributed by atoms with E-state index in [4.69, 9.17) is 15.6 Å². The van der Waals surface area contributed by atoms with E-state index in [0.29, 0.717) is 37.0 Å². The average Bonchev–Trinajstić information content (AvgIpc) is 3.18. The lowest BCUT2D eigenvalue weighted by molar-refractivity contribution is 0.1000. The topological polar surface area (TPSA) is 122 Å². The summed E-state index contributed by atoms with van der Waals surface area (Å²) in [6.07, 6.45) is 1.86. The third kappa shape index (κ3) is 4.37. The quantitative estimate of drug-likeness (QED) is 0.576. The third-order valence-corrected chi connectivity index (χ3v) is 5.57. The zero-order valence-electron chi connectivity index (χ0n) is 16.5. The number of nitrogens with zero attached hydrogens (tertiary/aromatic N) is 2. The highest BCUT2D eigenvalue weighted by Gasteiger charge is 2.22. The van der Waals surface area contributed by atoms with Gasteiger partial charge in [-0.2, -0.15) is 0 Å². The molecule has 2 amide bonds. The Morgan fingerprint density at radius 3 is 2.57 bits per heavy atom. The van der Waals surface area contributed by atoms with Gasteiger partial charge >= 0.3 is 6.09 Å². The number of aromatic amines is 1. The number of nitrogens with two attached hydrogens (primary N) is 1. The van der Waals surface area contributed by atoms with Crippen LogP contribution in [0.2, 0.25) is 0 Å². The Labute approximate surface area is 173 Å². The number of H-pyrrole nitrogens is 1. The molecule has 8 nitrogen and oxygen atoms in total. The largest absolute Gasteiger partial charge is 0.494 e. The fourth-order valence-electron chi connectivity index (χ4n) is 3.77. The van der Waals surface area contributed by atoms with Crippen LogP contribution in [0.4, 0.5) is 4.79 Å². The molecule has 156 valence electrons. The number of rotatable bonds is 6. The molecule has 0 atom stereocenters. The maximum Gasteiger partial charge on any atom is 0.407 e. The van der Waals surface area contributed by atoms with Crippen molar-refractivity contribution in [1.29, 1.82) is 0 Å². The molecule has 1 aromatic heterocycles. The van der Waals surface area contributed by atoms with Crippen LogP contribution in [0.3, 0.4) is 0 Å². The minimum atomic E-state index is -0.831. The van der Waals surface area contributed by atoms with Gasteiger partial charge in [0.25, 0.3) is 0 Å². The van der Waals surface area contributed by atoms with Gasteiger partial charge in [-0.25, -0.2) is 9.78 Å². The van der Waals surface area contributed by atoms with Crippen LogP contribution in [0.5, 0.6) is 5.75 Å². The van der Waals surface area contributed by atoms with Gasteiger partial charge < -0.3 is 25.5 Å². The molecule has 4 rings (SSSR count). The number of carbonyl (C=O) groups is 2. The van der Waals surface area contributed by atoms with Crippen LogP contribution in [0.25, 0.3) is 22.4 Å². The van der Waals surface area contributed by atoms with Crippen LogP contribution in [-0.4, -0.2) is 51.7 Å². The average molecular weight is 408 g/mol. The van der Waals surface area contributed by atoms with Crippen molar-refractivity contribution < 1.29 is 19.4 Å². The van der Waals surface area contributed by atoms with E-state index in [0.717, 1.165) is 41.6 Å². The molecular weight excluding hydrogens is 384 g/mol. The number of ether oxygens (including phenoxy) is 1. The fourth-order valence-corrected chi connectivity index (χ4v) is 3.77. The van der Waals surface area contributed by atoms with Gasteiger partial charge in [-0.3, -0.25) is 4.79 Å². The number of fused-ring (bicyclic) bond motifs is 1. The second kappa shape index (κ2) is 8.44. The van der Waals surface area contributed by atoms with Gasteiger partial charge in [0.1, 0.15) is 11.6 Å². The standard InChI is InChI=1S/C22H24N4O4/c23-20(27)16-3-6-18-19(13-16)25-21(24-18)15-1-4-17(5-2-15)30-12-9-14-7-10-26(11-8-14)22(28)29/h1-6,13-14H,7-12H2,(H2,23,27)(H,24,25)(H,28,29). The molecule has 0 aliphatic carbocycles. The molecule has 4 N–H and O–H groups in total. The Morgan fingerprint density at radius 2 is 1.90 bits per heavy atom. The van der Waals surface area contributed by atoms with Crippen LogP contribution >= 0.6 is 0 Å². The molecule has 2 heterocycles. The number of carbonyl (C=O) groups excluding carboxylic acids is 1. The van der Waals surface area contributed by atoms with E-state index < -0.39 is 12.0 Å². The van der Waals surface area contributed by atoms with Gasteiger partial charge in [0.2, 0.25) is 5.91 Å². The molecule has 8 heteroatoms. The SMILES string of the molecule is NC(=O)c1ccc2nc(-c3ccc(OCCC4CCN(C(=O)O)CC4)cc3)[nH]c2c1. The number of likely N-dealkylation sites (tertiary alicyclic amines) is 1. The molecule has 30 heavy (non-hydrogen) atoms. The zero-order chi connectivity index (χ0) is 21.1. The Hall–Kier alpha value is -3.55. The van der Waals surface area contributed by atoms with Gasteiger partial charge in [0, 0.05) is 24.2 Å². The molecule has 1 aliphatic rings. The van der Waals surface area contributed by atoms with Gasteiger partial charge in [0.15, 0.2) is 0 Å². The van der Waals surface area contributed by atoms with Gasteiger partial charge in [-0.15, -0.1) is 0 Å². The summed E-state index contributed by atoms with van der Waals surface area (Å²) in [5, 5.41) is 9.01. The summed E-state index contributed by atoms with van der Waals surface area (Å²) < 4.78 is 5.86. The molecule has 3 aromatic rings. The monoisotopic (exact) mass is 408 g/mol. The van der Waals surface area contributed by atoms with Gasteiger partial charge in [-0.05, 0) is 67.6 Å². The van der Waals surface area contributed by atoms with E-state index in [2.05, 4.69) is 9.97 Å². The summed E-state index contributed by atoms with van der Waals surface area (Å²) in [7, 11) is 0. The van der Waals surface area contributed by atoms with E-state index in [1.54, 1.807) is 18.2 Å².